The van der Waals surface area contributed by atoms with Crippen LogP contribution < -0.4 is 0 Å². The van der Waals surface area contributed by atoms with Crippen molar-refractivity contribution in [2.45, 2.75) is 52.9 Å². The molecule has 16 heavy (non-hydrogen) atoms. The summed E-state index contributed by atoms with van der Waals surface area (Å²) in [6.07, 6.45) is 9.98. The lowest BCUT2D eigenvalue weighted by atomic mass is 9.68. The third-order valence-electron chi connectivity index (χ3n) is 3.99. The van der Waals surface area contributed by atoms with Crippen molar-refractivity contribution in [2.24, 2.45) is 11.3 Å². The normalized spacial score (nSPS) is 12.4. The maximum atomic E-state index is 3.66. The molecule has 0 saturated carbocycles. The highest BCUT2D eigenvalue weighted by atomic mass is 14.3. The minimum absolute atomic E-state index is 0.416. The van der Waals surface area contributed by atoms with Gasteiger partial charge in [-0.2, -0.15) is 0 Å². The Kier molecular flexibility index (Phi) is 7.73. The first kappa shape index (κ1) is 15.0. The first-order chi connectivity index (χ1) is 7.66. The average Bonchev–Trinajstić information content (AvgIpc) is 2.31. The van der Waals surface area contributed by atoms with Crippen molar-refractivity contribution >= 4 is 0 Å². The molecular weight excluding hydrogens is 192 g/mol. The van der Waals surface area contributed by atoms with E-state index in [0.717, 1.165) is 18.8 Å². The molecule has 90 valence electrons. The van der Waals surface area contributed by atoms with Crippen LogP contribution in [0.4, 0.5) is 0 Å². The first-order valence-electron chi connectivity index (χ1n) is 6.35. The van der Waals surface area contributed by atoms with E-state index in [-0.39, 0.29) is 0 Å². The fraction of sp³-hybridized carbons (Fsp3) is 0.625. The van der Waals surface area contributed by atoms with Gasteiger partial charge in [0.2, 0.25) is 0 Å². The molecule has 0 aliphatic carbocycles. The summed E-state index contributed by atoms with van der Waals surface area (Å²) in [4.78, 5) is 0. The van der Waals surface area contributed by atoms with Gasteiger partial charge in [-0.1, -0.05) is 33.9 Å². The smallest absolute Gasteiger partial charge is 0.0215 e. The minimum Gasteiger partial charge on any atom is -0.133 e. The van der Waals surface area contributed by atoms with E-state index in [1.54, 1.807) is 0 Å². The van der Waals surface area contributed by atoms with Crippen molar-refractivity contribution in [2.75, 3.05) is 0 Å². The van der Waals surface area contributed by atoms with Crippen LogP contribution in [0.1, 0.15) is 52.9 Å². The van der Waals surface area contributed by atoms with Gasteiger partial charge in [0.05, 0.1) is 0 Å². The summed E-state index contributed by atoms with van der Waals surface area (Å²) >= 11 is 0. The number of hydrogen-bond donors (Lipinski definition) is 0. The standard InChI is InChI=1S/C16H26/c1-6-10-12-13-15(5)16(8-3,9-4)14-11-7-2/h10-11,15H,1-2,8-9,12-14H2,3-5H3. The van der Waals surface area contributed by atoms with Gasteiger partial charge in [-0.3, -0.25) is 0 Å². The van der Waals surface area contributed by atoms with Gasteiger partial charge in [0.15, 0.2) is 0 Å². The SMILES string of the molecule is C=C=CCCC(C)C(CC)(CC)CC=C=C. The fourth-order valence-electron chi connectivity index (χ4n) is 2.45. The average molecular weight is 218 g/mol. The van der Waals surface area contributed by atoms with Crippen LogP contribution in [0.5, 0.6) is 0 Å². The van der Waals surface area contributed by atoms with Gasteiger partial charge >= 0.3 is 0 Å². The van der Waals surface area contributed by atoms with E-state index >= 15 is 0 Å². The Labute approximate surface area is 101 Å². The molecule has 0 aromatic heterocycles. The Morgan fingerprint density at radius 2 is 1.69 bits per heavy atom. The molecule has 0 spiro atoms. The molecule has 0 bridgehead atoms. The summed E-state index contributed by atoms with van der Waals surface area (Å²) in [5, 5.41) is 0. The molecule has 0 saturated heterocycles. The predicted octanol–water partition coefficient (Wildman–Crippen LogP) is 5.28. The lowest BCUT2D eigenvalue weighted by Crippen LogP contribution is -2.27. The molecule has 0 radical (unpaired) electrons. The number of rotatable bonds is 8. The first-order valence-corrected chi connectivity index (χ1v) is 6.35. The molecule has 0 amide bonds. The van der Waals surface area contributed by atoms with Crippen LogP contribution in [0.25, 0.3) is 0 Å². The van der Waals surface area contributed by atoms with Gasteiger partial charge in [0.25, 0.3) is 0 Å². The van der Waals surface area contributed by atoms with Crippen molar-refractivity contribution in [3.05, 3.63) is 36.8 Å². The Hall–Kier alpha value is -0.960. The van der Waals surface area contributed by atoms with Gasteiger partial charge in [0, 0.05) is 0 Å². The van der Waals surface area contributed by atoms with Gasteiger partial charge in [0.1, 0.15) is 0 Å². The van der Waals surface area contributed by atoms with Crippen molar-refractivity contribution in [1.82, 2.24) is 0 Å². The van der Waals surface area contributed by atoms with Crippen LogP contribution in [0.15, 0.2) is 36.8 Å². The van der Waals surface area contributed by atoms with Crippen molar-refractivity contribution < 1.29 is 0 Å². The Morgan fingerprint density at radius 1 is 1.12 bits per heavy atom. The zero-order valence-corrected chi connectivity index (χ0v) is 11.2. The molecule has 0 aliphatic rings. The predicted molar refractivity (Wildman–Crippen MR) is 73.5 cm³/mol. The summed E-state index contributed by atoms with van der Waals surface area (Å²) in [5.41, 5.74) is 6.17. The summed E-state index contributed by atoms with van der Waals surface area (Å²) < 4.78 is 0. The molecule has 0 heteroatoms. The second-order valence-corrected chi connectivity index (χ2v) is 4.57. The number of hydrogen-bond acceptors (Lipinski definition) is 0. The van der Waals surface area contributed by atoms with Crippen LogP contribution in [-0.2, 0) is 0 Å². The van der Waals surface area contributed by atoms with E-state index in [1.807, 2.05) is 6.08 Å². The summed E-state index contributed by atoms with van der Waals surface area (Å²) in [7, 11) is 0. The molecule has 0 fully saturated rings. The summed E-state index contributed by atoms with van der Waals surface area (Å²) in [6.45, 7) is 14.2. The molecule has 1 unspecified atom stereocenters. The molecule has 0 heterocycles. The van der Waals surface area contributed by atoms with E-state index in [0.29, 0.717) is 5.41 Å². The van der Waals surface area contributed by atoms with Crippen molar-refractivity contribution in [1.29, 1.82) is 0 Å². The van der Waals surface area contributed by atoms with Gasteiger partial charge in [-0.05, 0) is 55.6 Å². The molecule has 1 atom stereocenters. The van der Waals surface area contributed by atoms with Gasteiger partial charge < -0.3 is 0 Å². The lowest BCUT2D eigenvalue weighted by Gasteiger charge is -2.37. The second kappa shape index (κ2) is 8.22. The third-order valence-corrected chi connectivity index (χ3v) is 3.99. The van der Waals surface area contributed by atoms with E-state index in [2.05, 4.69) is 51.5 Å². The summed E-state index contributed by atoms with van der Waals surface area (Å²) in [6, 6.07) is 0. The topological polar surface area (TPSA) is 0 Å². The second-order valence-electron chi connectivity index (χ2n) is 4.57. The van der Waals surface area contributed by atoms with Crippen LogP contribution in [0.3, 0.4) is 0 Å². The maximum absolute atomic E-state index is 3.66. The molecule has 0 rings (SSSR count). The quantitative estimate of drug-likeness (QED) is 0.486. The highest BCUT2D eigenvalue weighted by Gasteiger charge is 2.30. The van der Waals surface area contributed by atoms with Gasteiger partial charge in [-0.15, -0.1) is 11.5 Å². The third kappa shape index (κ3) is 4.27. The molecule has 0 aliphatic heterocycles. The monoisotopic (exact) mass is 218 g/mol. The highest BCUT2D eigenvalue weighted by Crippen LogP contribution is 2.41. The van der Waals surface area contributed by atoms with E-state index in [1.165, 1.54) is 19.3 Å². The molecule has 0 aromatic rings. The number of allylic oxidation sites excluding steroid dienone is 2. The Morgan fingerprint density at radius 3 is 2.12 bits per heavy atom. The molecular formula is C16H26. The Balaban J connectivity index is 4.58. The maximum Gasteiger partial charge on any atom is -0.0215 e. The van der Waals surface area contributed by atoms with E-state index < -0.39 is 0 Å². The zero-order chi connectivity index (χ0) is 12.4. The van der Waals surface area contributed by atoms with E-state index in [9.17, 15) is 0 Å². The molecule has 0 nitrogen and oxygen atoms in total. The largest absolute Gasteiger partial charge is 0.133 e. The van der Waals surface area contributed by atoms with Crippen LogP contribution >= 0.6 is 0 Å². The fourth-order valence-corrected chi connectivity index (χ4v) is 2.45. The van der Waals surface area contributed by atoms with Crippen LogP contribution in [0, 0.1) is 11.3 Å². The summed E-state index contributed by atoms with van der Waals surface area (Å²) in [5.74, 6) is 0.719. The van der Waals surface area contributed by atoms with Crippen molar-refractivity contribution in [3.8, 4) is 0 Å². The zero-order valence-electron chi connectivity index (χ0n) is 11.2. The van der Waals surface area contributed by atoms with Crippen molar-refractivity contribution in [3.63, 3.8) is 0 Å². The van der Waals surface area contributed by atoms with Crippen LogP contribution in [0.2, 0.25) is 0 Å². The molecule has 0 N–H and O–H groups in total. The molecule has 0 aromatic carbocycles. The highest BCUT2D eigenvalue weighted by molar-refractivity contribution is 4.91. The lowest BCUT2D eigenvalue weighted by molar-refractivity contribution is 0.151. The Bertz CT molecular complexity index is 268. The van der Waals surface area contributed by atoms with E-state index in [4.69, 9.17) is 0 Å². The minimum atomic E-state index is 0.416. The van der Waals surface area contributed by atoms with Crippen LogP contribution in [-0.4, -0.2) is 0 Å². The van der Waals surface area contributed by atoms with Gasteiger partial charge in [-0.25, -0.2) is 0 Å².